The van der Waals surface area contributed by atoms with E-state index < -0.39 is 33.5 Å². The zero-order chi connectivity index (χ0) is 20.5. The Bertz CT molecular complexity index is 395. The third kappa shape index (κ3) is 10.9. The van der Waals surface area contributed by atoms with Crippen molar-refractivity contribution in [2.45, 2.75) is 97.2 Å². The molecular weight excluding hydrogens is 393 g/mol. The van der Waals surface area contributed by atoms with Gasteiger partial charge in [0.15, 0.2) is 25.0 Å². The van der Waals surface area contributed by atoms with Gasteiger partial charge in [-0.3, -0.25) is 0 Å². The van der Waals surface area contributed by atoms with Crippen molar-refractivity contribution < 1.29 is 17.4 Å². The Hall–Kier alpha value is 0.708. The molecule has 8 heteroatoms. The van der Waals surface area contributed by atoms with Gasteiger partial charge in [-0.25, -0.2) is 0 Å². The van der Waals surface area contributed by atoms with Crippen LogP contribution in [-0.4, -0.2) is 53.3 Å². The van der Waals surface area contributed by atoms with Gasteiger partial charge in [0.05, 0.1) is 0 Å². The Morgan fingerprint density at radius 1 is 0.538 bits per heavy atom. The minimum atomic E-state index is -2.17. The highest BCUT2D eigenvalue weighted by Gasteiger charge is 2.42. The largest absolute Gasteiger partial charge is 0.436 e. The number of hydrogen-bond acceptors (Lipinski definition) is 4. The normalized spacial score (nSPS) is 17.8. The first kappa shape index (κ1) is 26.7. The fourth-order valence-electron chi connectivity index (χ4n) is 3.30. The van der Waals surface area contributed by atoms with E-state index in [2.05, 4.69) is 67.0 Å². The van der Waals surface area contributed by atoms with Crippen LogP contribution in [0.2, 0.25) is 69.5 Å². The lowest BCUT2D eigenvalue weighted by atomic mass is 10.9. The minimum absolute atomic E-state index is 0.743. The molecule has 0 amide bonds. The molecule has 0 radical (unpaired) electrons. The first-order chi connectivity index (χ1) is 11.9. The molecule has 2 atom stereocenters. The van der Waals surface area contributed by atoms with Crippen LogP contribution in [0.25, 0.3) is 0 Å². The van der Waals surface area contributed by atoms with Gasteiger partial charge >= 0.3 is 8.56 Å². The molecular formula is C18H46O4Si4. The molecule has 0 aliphatic carbocycles. The Morgan fingerprint density at radius 3 is 1.35 bits per heavy atom. The Balaban J connectivity index is 5.03. The van der Waals surface area contributed by atoms with E-state index in [0.717, 1.165) is 38.0 Å². The molecule has 26 heavy (non-hydrogen) atoms. The fraction of sp³-hybridized carbons (Fsp3) is 1.00. The molecule has 0 aromatic carbocycles. The van der Waals surface area contributed by atoms with Crippen molar-refractivity contribution in [2.75, 3.05) is 19.8 Å². The first-order valence-corrected chi connectivity index (χ1v) is 22.1. The van der Waals surface area contributed by atoms with E-state index in [-0.39, 0.29) is 0 Å². The third-order valence-electron chi connectivity index (χ3n) is 5.17. The molecule has 0 saturated heterocycles. The molecule has 4 nitrogen and oxygen atoms in total. The summed E-state index contributed by atoms with van der Waals surface area (Å²) in [4.78, 5) is 0. The van der Waals surface area contributed by atoms with E-state index in [0.29, 0.717) is 0 Å². The standard InChI is InChI=1S/C18H46O4Si4/c1-11-19-23(5,6)15-17-25(9,14-4)22-26(10,21-13-3)18-16-24(7,8)20-12-2/h11-18H2,1-10H3. The molecule has 0 rings (SSSR count). The molecule has 0 aliphatic heterocycles. The highest BCUT2D eigenvalue weighted by Crippen LogP contribution is 2.32. The van der Waals surface area contributed by atoms with Crippen molar-refractivity contribution in [2.24, 2.45) is 0 Å². The van der Waals surface area contributed by atoms with Gasteiger partial charge in [-0.05, 0) is 90.3 Å². The second kappa shape index (κ2) is 11.6. The van der Waals surface area contributed by atoms with Gasteiger partial charge in [0.1, 0.15) is 0 Å². The van der Waals surface area contributed by atoms with E-state index >= 15 is 0 Å². The summed E-state index contributed by atoms with van der Waals surface area (Å²) in [6.45, 7) is 24.9. The SMILES string of the molecule is CCO[Si](C)(C)CC[Si](C)(CC)O[Si](C)(CC[Si](C)(C)OCC)OCC. The van der Waals surface area contributed by atoms with Crippen molar-refractivity contribution in [3.8, 4) is 0 Å². The maximum absolute atomic E-state index is 6.95. The Kier molecular flexibility index (Phi) is 12.0. The van der Waals surface area contributed by atoms with Crippen molar-refractivity contribution in [1.82, 2.24) is 0 Å². The summed E-state index contributed by atoms with van der Waals surface area (Å²) in [5, 5.41) is 0. The summed E-state index contributed by atoms with van der Waals surface area (Å²) in [7, 11) is -7.13. The van der Waals surface area contributed by atoms with Gasteiger partial charge in [0.25, 0.3) is 0 Å². The summed E-state index contributed by atoms with van der Waals surface area (Å²) in [5.41, 5.74) is 0. The van der Waals surface area contributed by atoms with Crippen LogP contribution in [0.1, 0.15) is 27.7 Å². The average Bonchev–Trinajstić information content (AvgIpc) is 2.52. The smallest absolute Gasteiger partial charge is 0.324 e. The number of rotatable bonds is 15. The lowest BCUT2D eigenvalue weighted by molar-refractivity contribution is 0.252. The molecule has 0 bridgehead atoms. The Morgan fingerprint density at radius 2 is 0.962 bits per heavy atom. The lowest BCUT2D eigenvalue weighted by Crippen LogP contribution is -2.51. The quantitative estimate of drug-likeness (QED) is 0.286. The molecule has 0 N–H and O–H groups in total. The topological polar surface area (TPSA) is 36.9 Å². The summed E-state index contributed by atoms with van der Waals surface area (Å²) < 4.78 is 25.3. The Labute approximate surface area is 168 Å². The van der Waals surface area contributed by atoms with Gasteiger partial charge in [-0.15, -0.1) is 0 Å². The molecule has 0 heterocycles. The van der Waals surface area contributed by atoms with Crippen LogP contribution >= 0.6 is 0 Å². The van der Waals surface area contributed by atoms with Crippen molar-refractivity contribution in [3.05, 3.63) is 0 Å². The van der Waals surface area contributed by atoms with Crippen LogP contribution in [0.15, 0.2) is 0 Å². The molecule has 158 valence electrons. The summed E-state index contributed by atoms with van der Waals surface area (Å²) in [6, 6.07) is 5.69. The average molecular weight is 439 g/mol. The molecule has 0 spiro atoms. The van der Waals surface area contributed by atoms with E-state index in [1.54, 1.807) is 0 Å². The van der Waals surface area contributed by atoms with Gasteiger partial charge in [0.2, 0.25) is 0 Å². The maximum Gasteiger partial charge on any atom is 0.324 e. The molecule has 2 unspecified atom stereocenters. The molecule has 0 saturated carbocycles. The summed E-state index contributed by atoms with van der Waals surface area (Å²) >= 11 is 0. The van der Waals surface area contributed by atoms with Crippen LogP contribution in [0.5, 0.6) is 0 Å². The minimum Gasteiger partial charge on any atom is -0.436 e. The van der Waals surface area contributed by atoms with Gasteiger partial charge < -0.3 is 17.4 Å². The summed E-state index contributed by atoms with van der Waals surface area (Å²) in [6.07, 6.45) is 0. The zero-order valence-corrected chi connectivity index (χ0v) is 23.3. The molecule has 0 aliphatic rings. The molecule has 0 aromatic rings. The lowest BCUT2D eigenvalue weighted by Gasteiger charge is -2.39. The van der Waals surface area contributed by atoms with Crippen molar-refractivity contribution in [3.63, 3.8) is 0 Å². The second-order valence-corrected chi connectivity index (χ2v) is 25.5. The van der Waals surface area contributed by atoms with Crippen LogP contribution < -0.4 is 0 Å². The second-order valence-electron chi connectivity index (χ2n) is 8.86. The van der Waals surface area contributed by atoms with E-state index in [1.807, 2.05) is 0 Å². The van der Waals surface area contributed by atoms with Crippen LogP contribution in [0, 0.1) is 0 Å². The predicted octanol–water partition coefficient (Wildman–Crippen LogP) is 6.19. The summed E-state index contributed by atoms with van der Waals surface area (Å²) in [5.74, 6) is 0. The first-order valence-electron chi connectivity index (χ1n) is 10.5. The fourth-order valence-corrected chi connectivity index (χ4v) is 20.8. The third-order valence-corrected chi connectivity index (χ3v) is 19.8. The van der Waals surface area contributed by atoms with Gasteiger partial charge in [-0.2, -0.15) is 0 Å². The van der Waals surface area contributed by atoms with Crippen LogP contribution in [-0.2, 0) is 17.4 Å². The maximum atomic E-state index is 6.95. The van der Waals surface area contributed by atoms with E-state index in [9.17, 15) is 0 Å². The zero-order valence-electron chi connectivity index (χ0n) is 19.3. The molecule has 0 fully saturated rings. The van der Waals surface area contributed by atoms with Gasteiger partial charge in [-0.1, -0.05) is 6.92 Å². The monoisotopic (exact) mass is 438 g/mol. The molecule has 0 aromatic heterocycles. The van der Waals surface area contributed by atoms with Crippen molar-refractivity contribution >= 4 is 33.5 Å². The predicted molar refractivity (Wildman–Crippen MR) is 124 cm³/mol. The van der Waals surface area contributed by atoms with E-state index in [1.165, 1.54) is 12.1 Å². The van der Waals surface area contributed by atoms with Crippen molar-refractivity contribution in [1.29, 1.82) is 0 Å². The van der Waals surface area contributed by atoms with E-state index in [4.69, 9.17) is 17.4 Å². The highest BCUT2D eigenvalue weighted by molar-refractivity contribution is 6.85. The highest BCUT2D eigenvalue weighted by atomic mass is 28.4. The number of hydrogen-bond donors (Lipinski definition) is 0. The van der Waals surface area contributed by atoms with Gasteiger partial charge in [0, 0.05) is 19.8 Å². The van der Waals surface area contributed by atoms with Crippen LogP contribution in [0.3, 0.4) is 0 Å². The van der Waals surface area contributed by atoms with Crippen LogP contribution in [0.4, 0.5) is 0 Å².